The number of Topliss-reactive ketones (excluding diaryl/α,β-unsaturated/α-hetero) is 1. The largest absolute Gasteiger partial charge is 0.396 e. The zero-order valence-corrected chi connectivity index (χ0v) is 27.1. The van der Waals surface area contributed by atoms with Gasteiger partial charge in [0.2, 0.25) is 5.56 Å². The summed E-state index contributed by atoms with van der Waals surface area (Å²) in [6.45, 7) is 7.33. The van der Waals surface area contributed by atoms with Gasteiger partial charge in [0.25, 0.3) is 0 Å². The van der Waals surface area contributed by atoms with Crippen molar-refractivity contribution in [3.63, 3.8) is 0 Å². The van der Waals surface area contributed by atoms with Gasteiger partial charge in [-0.05, 0) is 102 Å². The lowest BCUT2D eigenvalue weighted by atomic mass is 9.71. The van der Waals surface area contributed by atoms with Crippen molar-refractivity contribution in [2.24, 2.45) is 17.3 Å². The number of benzene rings is 1. The lowest BCUT2D eigenvalue weighted by molar-refractivity contribution is -0.116. The molecule has 0 spiro atoms. The van der Waals surface area contributed by atoms with E-state index in [2.05, 4.69) is 37.1 Å². The molecule has 244 valence electrons. The van der Waals surface area contributed by atoms with Crippen molar-refractivity contribution < 1.29 is 20.1 Å². The Labute approximate surface area is 271 Å². The number of rotatable bonds is 10. The highest BCUT2D eigenvalue weighted by Gasteiger charge is 2.40. The third-order valence-electron chi connectivity index (χ3n) is 10.6. The van der Waals surface area contributed by atoms with Gasteiger partial charge < -0.3 is 25.6 Å². The Morgan fingerprint density at radius 2 is 1.83 bits per heavy atom. The predicted octanol–water partition coefficient (Wildman–Crippen LogP) is 4.35. The molecule has 8 heteroatoms. The van der Waals surface area contributed by atoms with Crippen molar-refractivity contribution in [1.29, 1.82) is 0 Å². The molecule has 0 aliphatic heterocycles. The van der Waals surface area contributed by atoms with Crippen LogP contribution < -0.4 is 10.9 Å². The molecule has 8 nitrogen and oxygen atoms in total. The number of nitrogens with one attached hydrogen (secondary N) is 2. The fourth-order valence-corrected chi connectivity index (χ4v) is 7.56. The lowest BCUT2D eigenvalue weighted by Crippen LogP contribution is -2.40. The number of aryl methyl sites for hydroxylation is 1. The maximum atomic E-state index is 13.9. The molecule has 3 aliphatic rings. The summed E-state index contributed by atoms with van der Waals surface area (Å²) in [6, 6.07) is 13.4. The van der Waals surface area contributed by atoms with Gasteiger partial charge in [0.15, 0.2) is 5.78 Å². The van der Waals surface area contributed by atoms with E-state index in [-0.39, 0.29) is 41.2 Å². The number of aromatic amines is 1. The molecule has 0 radical (unpaired) electrons. The molecule has 0 amide bonds. The van der Waals surface area contributed by atoms with E-state index in [4.69, 9.17) is 4.98 Å². The Morgan fingerprint density at radius 3 is 2.50 bits per heavy atom. The van der Waals surface area contributed by atoms with Crippen molar-refractivity contribution in [2.75, 3.05) is 13.2 Å². The first-order valence-corrected chi connectivity index (χ1v) is 16.7. The number of aromatic nitrogens is 2. The van der Waals surface area contributed by atoms with Gasteiger partial charge in [-0.3, -0.25) is 14.6 Å². The minimum absolute atomic E-state index is 0.0694. The third-order valence-corrected chi connectivity index (χ3v) is 10.6. The van der Waals surface area contributed by atoms with Crippen molar-refractivity contribution in [1.82, 2.24) is 15.3 Å². The number of aliphatic hydroxyl groups is 3. The van der Waals surface area contributed by atoms with Gasteiger partial charge in [-0.15, -0.1) is 0 Å². The summed E-state index contributed by atoms with van der Waals surface area (Å²) in [5, 5.41) is 33.7. The monoisotopic (exact) mass is 625 g/mol. The molecular formula is C38H47N3O5. The van der Waals surface area contributed by atoms with Gasteiger partial charge in [0.05, 0.1) is 17.9 Å². The van der Waals surface area contributed by atoms with Crippen LogP contribution in [-0.2, 0) is 24.1 Å². The summed E-state index contributed by atoms with van der Waals surface area (Å²) in [5.74, 6) is 0.328. The van der Waals surface area contributed by atoms with Crippen LogP contribution in [0.15, 0.2) is 59.0 Å². The molecule has 3 aromatic rings. The maximum absolute atomic E-state index is 13.9. The van der Waals surface area contributed by atoms with E-state index in [1.54, 1.807) is 12.3 Å². The molecule has 6 rings (SSSR count). The first-order chi connectivity index (χ1) is 22.0. The van der Waals surface area contributed by atoms with E-state index in [0.717, 1.165) is 52.8 Å². The van der Waals surface area contributed by atoms with Crippen molar-refractivity contribution in [3.05, 3.63) is 92.7 Å². The molecule has 2 aromatic heterocycles. The number of fused-ring (bicyclic) bond motifs is 2. The van der Waals surface area contributed by atoms with Crippen LogP contribution in [0.4, 0.5) is 0 Å². The number of ketones is 1. The molecule has 1 saturated carbocycles. The second kappa shape index (κ2) is 13.4. The number of carbonyl (C=O) groups excluding carboxylic acids is 1. The number of H-pyrrole nitrogens is 1. The van der Waals surface area contributed by atoms with Gasteiger partial charge >= 0.3 is 0 Å². The summed E-state index contributed by atoms with van der Waals surface area (Å²) in [4.78, 5) is 33.2. The van der Waals surface area contributed by atoms with Crippen LogP contribution in [0.2, 0.25) is 0 Å². The fraction of sp³-hybridized carbons (Fsp3) is 0.500. The Hall–Kier alpha value is -3.43. The fourth-order valence-electron chi connectivity index (χ4n) is 7.56. The summed E-state index contributed by atoms with van der Waals surface area (Å²) in [6.07, 6.45) is 7.10. The van der Waals surface area contributed by atoms with Crippen LogP contribution in [-0.4, -0.2) is 62.5 Å². The summed E-state index contributed by atoms with van der Waals surface area (Å²) in [5.41, 5.74) is 8.43. The van der Waals surface area contributed by atoms with Gasteiger partial charge in [-0.25, -0.2) is 0 Å². The zero-order valence-electron chi connectivity index (χ0n) is 27.1. The van der Waals surface area contributed by atoms with E-state index in [9.17, 15) is 24.9 Å². The average molecular weight is 626 g/mol. The summed E-state index contributed by atoms with van der Waals surface area (Å²) >= 11 is 0. The first kappa shape index (κ1) is 32.5. The Morgan fingerprint density at radius 1 is 1.07 bits per heavy atom. The SMILES string of the molecule is CC(C)(C)[C@H]1CCc2nc3c(cc2C1)C=C(C(=O)C[C@H](CCN[C@H]1C[C@@H](CO)[C@H](O)[C@@H]1O)c1ccc(-c2ccc(=O)[nH]c2)cc1)C3. The van der Waals surface area contributed by atoms with Crippen LogP contribution in [0.25, 0.3) is 17.2 Å². The van der Waals surface area contributed by atoms with E-state index in [1.807, 2.05) is 30.3 Å². The third kappa shape index (κ3) is 6.95. The number of aliphatic hydroxyl groups excluding tert-OH is 3. The highest BCUT2D eigenvalue weighted by atomic mass is 16.3. The molecule has 0 saturated heterocycles. The van der Waals surface area contributed by atoms with Gasteiger partial charge in [-0.2, -0.15) is 0 Å². The maximum Gasteiger partial charge on any atom is 0.247 e. The van der Waals surface area contributed by atoms with Crippen LogP contribution in [0.1, 0.15) is 80.5 Å². The van der Waals surface area contributed by atoms with E-state index < -0.39 is 12.2 Å². The Kier molecular flexibility index (Phi) is 9.44. The normalized spacial score (nSPS) is 24.7. The molecule has 1 aromatic carbocycles. The highest BCUT2D eigenvalue weighted by molar-refractivity contribution is 6.02. The average Bonchev–Trinajstić information content (AvgIpc) is 3.58. The molecule has 0 bridgehead atoms. The molecule has 3 aliphatic carbocycles. The molecule has 1 fully saturated rings. The van der Waals surface area contributed by atoms with E-state index in [0.29, 0.717) is 38.1 Å². The van der Waals surface area contributed by atoms with Crippen molar-refractivity contribution in [2.45, 2.75) is 89.9 Å². The Balaban J connectivity index is 1.18. The van der Waals surface area contributed by atoms with Crippen LogP contribution in [0.3, 0.4) is 0 Å². The summed E-state index contributed by atoms with van der Waals surface area (Å²) in [7, 11) is 0. The van der Waals surface area contributed by atoms with Crippen LogP contribution in [0, 0.1) is 17.3 Å². The van der Waals surface area contributed by atoms with Crippen LogP contribution >= 0.6 is 0 Å². The molecule has 5 N–H and O–H groups in total. The zero-order chi connectivity index (χ0) is 32.6. The van der Waals surface area contributed by atoms with Crippen LogP contribution in [0.5, 0.6) is 0 Å². The topological polar surface area (TPSA) is 136 Å². The second-order valence-corrected chi connectivity index (χ2v) is 14.7. The number of pyridine rings is 2. The molecule has 46 heavy (non-hydrogen) atoms. The predicted molar refractivity (Wildman–Crippen MR) is 179 cm³/mol. The standard InChI is InChI=1S/C38H47N3O5/c1-38(2,3)30-9-10-31-27(16-30)14-26-15-28(17-32(26)41-31)34(43)19-24(12-13-39-33-18-29(21-42)36(45)37(33)46)22-4-6-23(7-5-22)25-8-11-35(44)40-20-25/h4-8,11,14-15,20,24,29-30,33,36-37,39,42,45-46H,9-10,12-13,16-19,21H2,1-3H3,(H,40,44)/t24-,29-,30-,33-,36-,37+/m0/s1. The quantitative estimate of drug-likeness (QED) is 0.226. The lowest BCUT2D eigenvalue weighted by Gasteiger charge is -2.34. The van der Waals surface area contributed by atoms with E-state index in [1.165, 1.54) is 17.3 Å². The number of nitrogens with zero attached hydrogens (tertiary/aromatic N) is 1. The highest BCUT2D eigenvalue weighted by Crippen LogP contribution is 2.39. The van der Waals surface area contributed by atoms with Gasteiger partial charge in [0.1, 0.15) is 0 Å². The first-order valence-electron chi connectivity index (χ1n) is 16.7. The number of allylic oxidation sites excluding steroid dienone is 1. The number of hydrogen-bond donors (Lipinski definition) is 5. The number of hydrogen-bond acceptors (Lipinski definition) is 7. The van der Waals surface area contributed by atoms with E-state index >= 15 is 0 Å². The second-order valence-electron chi connectivity index (χ2n) is 14.7. The Bertz CT molecular complexity index is 1630. The van der Waals surface area contributed by atoms with Gasteiger partial charge in [-0.1, -0.05) is 45.0 Å². The molecular weight excluding hydrogens is 578 g/mol. The van der Waals surface area contributed by atoms with Crippen molar-refractivity contribution in [3.8, 4) is 11.1 Å². The number of carbonyl (C=O) groups is 1. The molecule has 2 heterocycles. The van der Waals surface area contributed by atoms with Gasteiger partial charge in [0, 0.05) is 54.9 Å². The van der Waals surface area contributed by atoms with Crippen molar-refractivity contribution >= 4 is 11.9 Å². The summed E-state index contributed by atoms with van der Waals surface area (Å²) < 4.78 is 0. The minimum Gasteiger partial charge on any atom is -0.396 e. The smallest absolute Gasteiger partial charge is 0.247 e. The minimum atomic E-state index is -0.949. The molecule has 0 unspecified atom stereocenters. The molecule has 6 atom stereocenters.